The van der Waals surface area contributed by atoms with Crippen molar-refractivity contribution in [3.05, 3.63) is 89.2 Å². The van der Waals surface area contributed by atoms with Gasteiger partial charge in [0.05, 0.1) is 11.5 Å². The highest BCUT2D eigenvalue weighted by atomic mass is 35.5. The zero-order valence-corrected chi connectivity index (χ0v) is 16.8. The van der Waals surface area contributed by atoms with Crippen LogP contribution in [0.25, 0.3) is 22.3 Å². The fraction of sp³-hybridized carbons (Fsp3) is 0.160. The number of nitrogens with one attached hydrogen (secondary N) is 1. The first kappa shape index (κ1) is 18.0. The molecule has 1 aromatic heterocycles. The summed E-state index contributed by atoms with van der Waals surface area (Å²) < 4.78 is 6.16. The van der Waals surface area contributed by atoms with Gasteiger partial charge in [-0.05, 0) is 43.2 Å². The van der Waals surface area contributed by atoms with Crippen molar-refractivity contribution in [1.29, 1.82) is 0 Å². The molecule has 2 heterocycles. The van der Waals surface area contributed by atoms with Gasteiger partial charge in [-0.3, -0.25) is 0 Å². The van der Waals surface area contributed by atoms with E-state index in [1.54, 1.807) is 0 Å². The normalized spacial score (nSPS) is 14.7. The Morgan fingerprint density at radius 2 is 1.59 bits per heavy atom. The lowest BCUT2D eigenvalue weighted by atomic mass is 10.1. The molecule has 0 unspecified atom stereocenters. The van der Waals surface area contributed by atoms with Crippen molar-refractivity contribution in [2.75, 3.05) is 18.0 Å². The molecule has 0 spiro atoms. The van der Waals surface area contributed by atoms with E-state index in [2.05, 4.69) is 46.3 Å². The summed E-state index contributed by atoms with van der Waals surface area (Å²) in [5.74, 6) is 0.816. The van der Waals surface area contributed by atoms with Crippen LogP contribution in [0.1, 0.15) is 12.8 Å². The number of anilines is 1. The molecule has 144 valence electrons. The Morgan fingerprint density at radius 3 is 2.34 bits per heavy atom. The lowest BCUT2D eigenvalue weighted by Gasteiger charge is -2.16. The van der Waals surface area contributed by atoms with E-state index < -0.39 is 0 Å². The van der Waals surface area contributed by atoms with Gasteiger partial charge in [0.15, 0.2) is 0 Å². The van der Waals surface area contributed by atoms with E-state index in [1.165, 1.54) is 18.5 Å². The van der Waals surface area contributed by atoms with Crippen molar-refractivity contribution in [1.82, 2.24) is 0 Å². The summed E-state index contributed by atoms with van der Waals surface area (Å²) in [6, 6.07) is 26.5. The van der Waals surface area contributed by atoms with E-state index in [1.807, 2.05) is 42.5 Å². The standard InChI is InChI=1S/C25H21ClN2O/c26-19-8-13-24-22(16-19)23(17-25(29-24)18-6-2-1-3-7-18)27-20-9-11-21(12-10-20)28-14-4-5-15-28/h1-3,6-13,16-17H,4-5,14-15H2/p+1. The van der Waals surface area contributed by atoms with Crippen molar-refractivity contribution in [3.8, 4) is 11.3 Å². The molecule has 0 radical (unpaired) electrons. The molecule has 0 saturated carbocycles. The minimum Gasteiger partial charge on any atom is -0.456 e. The van der Waals surface area contributed by atoms with Gasteiger partial charge >= 0.3 is 0 Å². The molecule has 1 N–H and O–H groups in total. The Kier molecular flexibility index (Phi) is 4.82. The predicted octanol–water partition coefficient (Wildman–Crippen LogP) is 4.67. The van der Waals surface area contributed by atoms with E-state index in [-0.39, 0.29) is 0 Å². The zero-order chi connectivity index (χ0) is 19.6. The molecule has 29 heavy (non-hydrogen) atoms. The summed E-state index contributed by atoms with van der Waals surface area (Å²) in [5, 5.41) is 2.62. The number of fused-ring (bicyclic) bond motifs is 1. The number of halogens is 1. The molecule has 1 aliphatic heterocycles. The van der Waals surface area contributed by atoms with Gasteiger partial charge in [-0.1, -0.05) is 41.9 Å². The highest BCUT2D eigenvalue weighted by molar-refractivity contribution is 6.31. The van der Waals surface area contributed by atoms with Gasteiger partial charge < -0.3 is 9.32 Å². The lowest BCUT2D eigenvalue weighted by molar-refractivity contribution is -0.400. The average molecular weight is 402 g/mol. The van der Waals surface area contributed by atoms with Crippen LogP contribution in [-0.4, -0.2) is 13.1 Å². The maximum Gasteiger partial charge on any atom is 0.218 e. The second-order valence-corrected chi connectivity index (χ2v) is 7.83. The van der Waals surface area contributed by atoms with Crippen LogP contribution in [0.3, 0.4) is 0 Å². The first-order chi connectivity index (χ1) is 14.3. The van der Waals surface area contributed by atoms with Crippen molar-refractivity contribution < 1.29 is 9.41 Å². The highest BCUT2D eigenvalue weighted by Crippen LogP contribution is 2.24. The Balaban J connectivity index is 1.63. The molecule has 4 aromatic rings. The topological polar surface area (TPSA) is 30.4 Å². The second-order valence-electron chi connectivity index (χ2n) is 7.40. The molecule has 5 rings (SSSR count). The first-order valence-corrected chi connectivity index (χ1v) is 10.4. The van der Waals surface area contributed by atoms with Crippen LogP contribution in [0.15, 0.2) is 83.3 Å². The van der Waals surface area contributed by atoms with E-state index in [4.69, 9.17) is 16.0 Å². The van der Waals surface area contributed by atoms with Crippen LogP contribution in [0, 0.1) is 0 Å². The first-order valence-electron chi connectivity index (χ1n) is 10.0. The van der Waals surface area contributed by atoms with Crippen LogP contribution in [0.4, 0.5) is 11.4 Å². The highest BCUT2D eigenvalue weighted by Gasteiger charge is 2.13. The predicted molar refractivity (Wildman–Crippen MR) is 118 cm³/mol. The van der Waals surface area contributed by atoms with E-state index in [0.717, 1.165) is 46.4 Å². The van der Waals surface area contributed by atoms with Crippen molar-refractivity contribution in [3.63, 3.8) is 0 Å². The average Bonchev–Trinajstić information content (AvgIpc) is 3.30. The van der Waals surface area contributed by atoms with Gasteiger partial charge in [0.2, 0.25) is 11.0 Å². The number of benzene rings is 3. The number of nitrogens with zero attached hydrogens (tertiary/aromatic N) is 1. The Bertz CT molecular complexity index is 1210. The Morgan fingerprint density at radius 1 is 0.828 bits per heavy atom. The fourth-order valence-electron chi connectivity index (χ4n) is 3.89. The molecule has 0 aliphatic carbocycles. The summed E-state index contributed by atoms with van der Waals surface area (Å²) >= 11 is 6.27. The zero-order valence-electron chi connectivity index (χ0n) is 16.1. The third-order valence-electron chi connectivity index (χ3n) is 5.40. The molecule has 1 aliphatic rings. The van der Waals surface area contributed by atoms with Crippen LogP contribution in [-0.2, 0) is 0 Å². The largest absolute Gasteiger partial charge is 0.456 e. The minimum atomic E-state index is 0.688. The lowest BCUT2D eigenvalue weighted by Crippen LogP contribution is -2.70. The van der Waals surface area contributed by atoms with E-state index >= 15 is 0 Å². The smallest absolute Gasteiger partial charge is 0.218 e. The van der Waals surface area contributed by atoms with Gasteiger partial charge in [0, 0.05) is 41.5 Å². The Labute approximate surface area is 174 Å². The summed E-state index contributed by atoms with van der Waals surface area (Å²) in [7, 11) is 0. The van der Waals surface area contributed by atoms with Crippen LogP contribution in [0.5, 0.6) is 0 Å². The van der Waals surface area contributed by atoms with Gasteiger partial charge in [-0.15, -0.1) is 0 Å². The van der Waals surface area contributed by atoms with Crippen LogP contribution < -0.4 is 15.2 Å². The van der Waals surface area contributed by atoms with Crippen molar-refractivity contribution >= 4 is 33.9 Å². The molecule has 3 nitrogen and oxygen atoms in total. The molecule has 1 saturated heterocycles. The van der Waals surface area contributed by atoms with Crippen LogP contribution in [0.2, 0.25) is 5.02 Å². The molecule has 3 aromatic carbocycles. The third kappa shape index (κ3) is 3.79. The van der Waals surface area contributed by atoms with Gasteiger partial charge in [-0.2, -0.15) is 0 Å². The number of hydrogen-bond donors (Lipinski definition) is 1. The Hall–Kier alpha value is -3.04. The third-order valence-corrected chi connectivity index (χ3v) is 5.64. The maximum absolute atomic E-state index is 6.27. The molecular formula is C25H22ClN2O+. The molecule has 0 bridgehead atoms. The molecule has 4 heteroatoms. The number of rotatable bonds is 3. The monoisotopic (exact) mass is 401 g/mol. The summed E-state index contributed by atoms with van der Waals surface area (Å²) in [6.07, 6.45) is 2.56. The number of hydrogen-bond acceptors (Lipinski definition) is 2. The summed E-state index contributed by atoms with van der Waals surface area (Å²) in [6.45, 7) is 2.30. The van der Waals surface area contributed by atoms with Crippen LogP contribution >= 0.6 is 11.6 Å². The minimum absolute atomic E-state index is 0.688. The van der Waals surface area contributed by atoms with Crippen molar-refractivity contribution in [2.24, 2.45) is 0 Å². The SMILES string of the molecule is Clc1ccc2oc(-c3ccccc3)cc(=[NH+]c3ccc(N4CCCC4)cc3)c2c1. The molecule has 0 atom stereocenters. The maximum atomic E-state index is 6.27. The molecule has 1 fully saturated rings. The summed E-state index contributed by atoms with van der Waals surface area (Å²) in [5.41, 5.74) is 4.16. The van der Waals surface area contributed by atoms with E-state index in [0.29, 0.717) is 5.02 Å². The summed E-state index contributed by atoms with van der Waals surface area (Å²) in [4.78, 5) is 6.00. The fourth-order valence-corrected chi connectivity index (χ4v) is 4.07. The second kappa shape index (κ2) is 7.76. The van der Waals surface area contributed by atoms with Gasteiger partial charge in [0.1, 0.15) is 11.3 Å². The molecule has 0 amide bonds. The van der Waals surface area contributed by atoms with Gasteiger partial charge in [-0.25, -0.2) is 4.99 Å². The van der Waals surface area contributed by atoms with Gasteiger partial charge in [0.25, 0.3) is 0 Å². The van der Waals surface area contributed by atoms with Crippen molar-refractivity contribution in [2.45, 2.75) is 12.8 Å². The van der Waals surface area contributed by atoms with E-state index in [9.17, 15) is 0 Å². The quantitative estimate of drug-likeness (QED) is 0.541. The molecular weight excluding hydrogens is 380 g/mol.